The molecule has 3 aromatic heterocycles. The summed E-state index contributed by atoms with van der Waals surface area (Å²) in [5.41, 5.74) is 9.14. The molecule has 32 nitrogen and oxygen atoms in total. The second-order valence-corrected chi connectivity index (χ2v) is 40.1. The number of ether oxygens (including phenoxy) is 6. The van der Waals surface area contributed by atoms with Crippen molar-refractivity contribution in [2.24, 2.45) is 10.3 Å². The Morgan fingerprint density at radius 2 is 0.722 bits per heavy atom. The molecule has 0 unspecified atom stereocenters. The van der Waals surface area contributed by atoms with Gasteiger partial charge in [0.25, 0.3) is 11.8 Å². The maximum Gasteiger partial charge on any atom is 0.364 e. The van der Waals surface area contributed by atoms with Gasteiger partial charge in [0.1, 0.15) is 24.1 Å². The second-order valence-electron chi connectivity index (χ2n) is 33.1. The van der Waals surface area contributed by atoms with Crippen LogP contribution >= 0.6 is 0 Å². The normalized spacial score (nSPS) is 18.7. The van der Waals surface area contributed by atoms with Gasteiger partial charge in [-0.25, -0.2) is 73.2 Å². The molecular formula is C97H111N13O19S4. The fourth-order valence-electron chi connectivity index (χ4n) is 16.8. The fourth-order valence-corrected chi connectivity index (χ4v) is 20.7. The number of carboxylic acids is 1. The number of rotatable bonds is 32. The number of nitrogens with one attached hydrogen (secondary N) is 2. The zero-order valence-corrected chi connectivity index (χ0v) is 77.4. The molecular weight excluding hydrogens is 1780 g/mol. The summed E-state index contributed by atoms with van der Waals surface area (Å²) < 4.78 is 138. The van der Waals surface area contributed by atoms with Crippen LogP contribution < -0.4 is 29.2 Å². The van der Waals surface area contributed by atoms with Gasteiger partial charge in [-0.3, -0.25) is 0 Å². The van der Waals surface area contributed by atoms with E-state index in [1.165, 1.54) is 28.6 Å². The molecule has 4 aliphatic carbocycles. The van der Waals surface area contributed by atoms with Gasteiger partial charge in [0.2, 0.25) is 63.1 Å². The third kappa shape index (κ3) is 27.2. The van der Waals surface area contributed by atoms with Crippen molar-refractivity contribution in [3.63, 3.8) is 0 Å². The third-order valence-corrected chi connectivity index (χ3v) is 29.5. The van der Waals surface area contributed by atoms with Crippen LogP contribution in [-0.2, 0) is 82.3 Å². The molecule has 0 amide bonds. The lowest BCUT2D eigenvalue weighted by atomic mass is 9.83. The highest BCUT2D eigenvalue weighted by atomic mass is 32.2. The van der Waals surface area contributed by atoms with Crippen LogP contribution in [0.15, 0.2) is 262 Å². The standard InChI is InChI=1S/C39H42N4O6S.C26H29NO3S.C17H22N4O5S.C15H18N4O5S/c1-3-48-39(44)37-38(43(41-40-37)28-31-14-20-34(47-2)21-15-31)49-35-22-16-32(17-23-35)33-18-24-36(25-19-33)50(45,46)42(26-29-10-6-4-7-11-29)27-30-12-8-5-9-13-30;28-25-15-11-23(12-16-25)24-13-17-26(18-14-24)31(29,30)27(19-21-7-3-1-4-8-21)20-22-9-5-2-6-10-22;1-2-25-17(22)15-16(20-21-19-15)26-13-7-3-11(4-8-13)12-5-9-14(10-6-12)27(18,23)24;16-25(22,23)12-7-3-10(4-8-12)9-1-5-11(6-2-9)24-14-13(15(20)21)17-19-18-14/h4-15,18-21,24-25,32,35H,3,16-17,22-23,26-28H2,1-2H3;1-10,13-14,17-18,23,25,28H,11-12,15-16,19-20H2;5-6,9-11,13H,2-4,7-8H2,1H3,(H2,18,23,24)(H,19,20,21);3-4,7-9,11H,1-2,5-6H2,(H,20,21)(H2,16,22,23)(H,17,18,19). The Labute approximate surface area is 775 Å². The fraction of sp³-hybridized carbons (Fsp3) is 0.351. The third-order valence-electron chi connectivity index (χ3n) is 24.1. The number of methoxy groups -OCH3 is 1. The summed E-state index contributed by atoms with van der Waals surface area (Å²) in [4.78, 5) is 36.4. The van der Waals surface area contributed by atoms with E-state index in [0.29, 0.717) is 48.2 Å². The van der Waals surface area contributed by atoms with E-state index >= 15 is 0 Å². The van der Waals surface area contributed by atoms with Gasteiger partial charge in [0, 0.05) is 26.2 Å². The van der Waals surface area contributed by atoms with E-state index in [1.54, 1.807) is 66.3 Å². The van der Waals surface area contributed by atoms with Crippen molar-refractivity contribution in [3.05, 3.63) is 310 Å². The second kappa shape index (κ2) is 46.3. The van der Waals surface area contributed by atoms with E-state index in [9.17, 15) is 53.2 Å². The van der Waals surface area contributed by atoms with Crippen molar-refractivity contribution in [3.8, 4) is 23.4 Å². The Hall–Kier alpha value is -12.4. The first kappa shape index (κ1) is 98.1. The maximum absolute atomic E-state index is 14.0. The average molecular weight is 1890 g/mol. The van der Waals surface area contributed by atoms with Crippen LogP contribution in [0.4, 0.5) is 0 Å². The zero-order valence-electron chi connectivity index (χ0n) is 74.1. The number of benzene rings is 9. The molecule has 16 rings (SSSR count). The highest BCUT2D eigenvalue weighted by molar-refractivity contribution is 7.90. The Morgan fingerprint density at radius 3 is 1.06 bits per heavy atom. The molecule has 3 heterocycles. The van der Waals surface area contributed by atoms with Gasteiger partial charge in [0.05, 0.1) is 52.6 Å². The van der Waals surface area contributed by atoms with Crippen molar-refractivity contribution in [1.29, 1.82) is 0 Å². The number of aromatic nitrogens is 9. The summed E-state index contributed by atoms with van der Waals surface area (Å²) in [5, 5.41) is 56.7. The SMILES string of the molecule is CCOC(=O)c1[nH]nnc1OC1CCC(c2ccc(S(N)(=O)=O)cc2)CC1.CCOC(=O)c1nnn(Cc2ccc(OC)cc2)c1OC1CCC(c2ccc(S(=O)(=O)N(Cc3ccccc3)Cc3ccccc3)cc2)CC1.NS(=O)(=O)c1ccc(C2CCC(Oc3nn[nH]c3C(=O)O)CC2)cc1.O=S(=O)(c1ccc(C2CCC(O)CC2)cc1)N(Cc1ccccc1)Cc1ccccc1. The lowest BCUT2D eigenvalue weighted by molar-refractivity contribution is 0.0497. The Morgan fingerprint density at radius 1 is 0.398 bits per heavy atom. The number of hydrogen-bond donors (Lipinski definition) is 6. The molecule has 0 spiro atoms. The molecule has 4 saturated carbocycles. The number of nitrogens with two attached hydrogens (primary N) is 2. The molecule has 4 aliphatic rings. The van der Waals surface area contributed by atoms with Crippen LogP contribution in [0.25, 0.3) is 0 Å². The van der Waals surface area contributed by atoms with Crippen LogP contribution in [0, 0.1) is 0 Å². The van der Waals surface area contributed by atoms with Gasteiger partial charge in [-0.15, -0.1) is 5.10 Å². The quantitative estimate of drug-likeness (QED) is 0.0213. The molecule has 8 N–H and O–H groups in total. The van der Waals surface area contributed by atoms with Crippen molar-refractivity contribution < 1.29 is 86.7 Å². The summed E-state index contributed by atoms with van der Waals surface area (Å²) in [6, 6.07) is 74.3. The Bertz CT molecular complexity index is 6140. The van der Waals surface area contributed by atoms with E-state index in [0.717, 1.165) is 159 Å². The number of primary sulfonamides is 2. The number of carboxylic acid groups (broad SMARTS) is 1. The van der Waals surface area contributed by atoms with E-state index in [-0.39, 0.29) is 100 Å². The molecule has 9 aromatic carbocycles. The number of nitrogens with zero attached hydrogens (tertiary/aromatic N) is 9. The summed E-state index contributed by atoms with van der Waals surface area (Å²) in [7, 11) is -13.2. The van der Waals surface area contributed by atoms with Gasteiger partial charge in [-0.1, -0.05) is 208 Å². The molecule has 702 valence electrons. The summed E-state index contributed by atoms with van der Waals surface area (Å²) >= 11 is 0. The molecule has 133 heavy (non-hydrogen) atoms. The number of hydrogen-bond acceptors (Lipinski definition) is 24. The number of aromatic carboxylic acids is 1. The van der Waals surface area contributed by atoms with Crippen molar-refractivity contribution in [2.75, 3.05) is 20.3 Å². The number of carbonyl (C=O) groups excluding carboxylic acids is 2. The molecule has 0 atom stereocenters. The zero-order chi connectivity index (χ0) is 94.1. The average Bonchev–Trinajstić information content (AvgIpc) is 1.73. The minimum Gasteiger partial charge on any atom is -0.497 e. The van der Waals surface area contributed by atoms with Gasteiger partial charge >= 0.3 is 17.9 Å². The van der Waals surface area contributed by atoms with Crippen LogP contribution in [0.5, 0.6) is 23.4 Å². The first-order valence-electron chi connectivity index (χ1n) is 44.3. The highest BCUT2D eigenvalue weighted by Crippen LogP contribution is 2.41. The monoisotopic (exact) mass is 1890 g/mol. The van der Waals surface area contributed by atoms with E-state index in [4.69, 9.17) is 43.8 Å². The molecule has 0 aliphatic heterocycles. The summed E-state index contributed by atoms with van der Waals surface area (Å²) in [5.74, 6) is 0.205. The Balaban J connectivity index is 0.000000157. The van der Waals surface area contributed by atoms with Crippen molar-refractivity contribution in [2.45, 2.75) is 217 Å². The van der Waals surface area contributed by atoms with Crippen LogP contribution in [0.2, 0.25) is 0 Å². The van der Waals surface area contributed by atoms with Gasteiger partial charge < -0.3 is 38.6 Å². The Kier molecular flexibility index (Phi) is 34.2. The number of esters is 2. The van der Waals surface area contributed by atoms with Gasteiger partial charge in [0.15, 0.2) is 0 Å². The first-order valence-corrected chi connectivity index (χ1v) is 50.3. The van der Waals surface area contributed by atoms with E-state index < -0.39 is 58.0 Å². The maximum atomic E-state index is 14.0. The number of carbonyl (C=O) groups is 3. The molecule has 4 fully saturated rings. The first-order chi connectivity index (χ1) is 64.1. The minimum atomic E-state index is -3.77. The van der Waals surface area contributed by atoms with Crippen LogP contribution in [0.3, 0.4) is 0 Å². The molecule has 36 heteroatoms. The van der Waals surface area contributed by atoms with Gasteiger partial charge in [-0.2, -0.15) is 8.61 Å². The van der Waals surface area contributed by atoms with Crippen molar-refractivity contribution in [1.82, 2.24) is 54.4 Å². The predicted molar refractivity (Wildman–Crippen MR) is 495 cm³/mol. The molecule has 0 radical (unpaired) electrons. The number of H-pyrrole nitrogens is 2. The van der Waals surface area contributed by atoms with E-state index in [2.05, 4.69) is 41.1 Å². The lowest BCUT2D eigenvalue weighted by Crippen LogP contribution is -2.30. The number of aromatic amines is 2. The largest absolute Gasteiger partial charge is 0.497 e. The van der Waals surface area contributed by atoms with Crippen LogP contribution in [0.1, 0.15) is 222 Å². The topological polar surface area (TPSA) is 456 Å². The number of aliphatic hydroxyl groups excluding tert-OH is 1. The summed E-state index contributed by atoms with van der Waals surface area (Å²) in [6.07, 6.45) is 12.7. The molecule has 0 saturated heterocycles. The predicted octanol–water partition coefficient (Wildman–Crippen LogP) is 15.1. The number of sulfonamides is 4. The lowest BCUT2D eigenvalue weighted by Gasteiger charge is -2.29. The van der Waals surface area contributed by atoms with Crippen molar-refractivity contribution >= 4 is 58.0 Å². The minimum absolute atomic E-state index is 0.00783. The van der Waals surface area contributed by atoms with E-state index in [1.807, 2.05) is 182 Å². The van der Waals surface area contributed by atoms with Gasteiger partial charge in [-0.05, 0) is 251 Å². The summed E-state index contributed by atoms with van der Waals surface area (Å²) in [6.45, 7) is 5.49. The smallest absolute Gasteiger partial charge is 0.364 e. The molecule has 12 aromatic rings. The molecule has 0 bridgehead atoms. The van der Waals surface area contributed by atoms with Crippen LogP contribution in [-0.4, -0.2) is 161 Å². The highest BCUT2D eigenvalue weighted by Gasteiger charge is 2.35. The number of aliphatic hydroxyl groups is 1.